The highest BCUT2D eigenvalue weighted by molar-refractivity contribution is 6.46. The Kier molecular flexibility index (Phi) is 7.91. The number of carbonyl (C=O) groups is 2. The molecule has 5 rings (SSSR count). The molecule has 1 N–H and O–H groups in total. The van der Waals surface area contributed by atoms with Crippen molar-refractivity contribution in [1.82, 2.24) is 14.5 Å². The molecule has 1 aromatic heterocycles. The van der Waals surface area contributed by atoms with E-state index < -0.39 is 17.7 Å². The van der Waals surface area contributed by atoms with Gasteiger partial charge in [-0.3, -0.25) is 9.59 Å². The van der Waals surface area contributed by atoms with Gasteiger partial charge in [0.1, 0.15) is 24.2 Å². The van der Waals surface area contributed by atoms with Crippen molar-refractivity contribution in [2.45, 2.75) is 45.4 Å². The van der Waals surface area contributed by atoms with Crippen molar-refractivity contribution in [3.05, 3.63) is 90.0 Å². The Labute approximate surface area is 233 Å². The van der Waals surface area contributed by atoms with Crippen LogP contribution in [-0.4, -0.2) is 57.1 Å². The minimum Gasteiger partial charge on any atom is -0.507 e. The van der Waals surface area contributed by atoms with Gasteiger partial charge in [0.15, 0.2) is 11.5 Å². The van der Waals surface area contributed by atoms with Gasteiger partial charge in [-0.1, -0.05) is 18.7 Å². The molecule has 0 saturated carbocycles. The number of rotatable bonds is 11. The number of ether oxygens (including phenoxy) is 3. The molecule has 0 aliphatic carbocycles. The van der Waals surface area contributed by atoms with Gasteiger partial charge in [-0.25, -0.2) is 4.98 Å². The van der Waals surface area contributed by atoms with Crippen molar-refractivity contribution in [2.75, 3.05) is 19.8 Å². The third-order valence-corrected chi connectivity index (χ3v) is 7.02. The smallest absolute Gasteiger partial charge is 0.295 e. The molecule has 40 heavy (non-hydrogen) atoms. The second-order valence-corrected chi connectivity index (χ2v) is 9.84. The molecule has 0 bridgehead atoms. The molecule has 1 amide bonds. The third kappa shape index (κ3) is 5.32. The highest BCUT2D eigenvalue weighted by Crippen LogP contribution is 2.43. The summed E-state index contributed by atoms with van der Waals surface area (Å²) in [6.07, 6.45) is 8.22. The fourth-order valence-corrected chi connectivity index (χ4v) is 5.26. The summed E-state index contributed by atoms with van der Waals surface area (Å²) in [5.41, 5.74) is 2.09. The van der Waals surface area contributed by atoms with E-state index in [-0.39, 0.29) is 17.4 Å². The van der Waals surface area contributed by atoms with Crippen LogP contribution in [0.4, 0.5) is 0 Å². The van der Waals surface area contributed by atoms with Gasteiger partial charge in [-0.05, 0) is 61.7 Å². The number of amides is 1. The van der Waals surface area contributed by atoms with E-state index in [0.717, 1.165) is 11.3 Å². The summed E-state index contributed by atoms with van der Waals surface area (Å²) in [5.74, 6) is 0.176. The quantitative estimate of drug-likeness (QED) is 0.162. The predicted molar refractivity (Wildman–Crippen MR) is 149 cm³/mol. The maximum atomic E-state index is 13.5. The van der Waals surface area contributed by atoms with Crippen LogP contribution < -0.4 is 14.2 Å². The number of aryl methyl sites for hydroxylation is 1. The van der Waals surface area contributed by atoms with E-state index in [2.05, 4.69) is 11.6 Å². The van der Waals surface area contributed by atoms with Crippen LogP contribution >= 0.6 is 0 Å². The second-order valence-electron chi connectivity index (χ2n) is 9.84. The average molecular weight is 544 g/mol. The van der Waals surface area contributed by atoms with Gasteiger partial charge in [-0.2, -0.15) is 0 Å². The number of imidazole rings is 1. The number of likely N-dealkylation sites (tertiary alicyclic amines) is 1. The summed E-state index contributed by atoms with van der Waals surface area (Å²) in [4.78, 5) is 32.5. The fourth-order valence-electron chi connectivity index (χ4n) is 5.26. The standard InChI is InChI=1S/C31H33N3O6/c1-4-15-39-25-10-7-21(18-26(25)38-5-2)28-27(29(35)22-8-9-24-23(17-22)16-20(3)40-24)30(36)31(37)34(28)13-6-12-33-14-11-32-19-33/h4,7-11,14,17-20,28,35H,1,5-6,12-13,15-16H2,2-3H3/t20-,28-/m0/s1. The van der Waals surface area contributed by atoms with Crippen LogP contribution in [0.5, 0.6) is 17.2 Å². The number of ketones is 1. The second kappa shape index (κ2) is 11.7. The zero-order valence-electron chi connectivity index (χ0n) is 22.7. The van der Waals surface area contributed by atoms with Gasteiger partial charge in [0.05, 0.1) is 24.5 Å². The summed E-state index contributed by atoms with van der Waals surface area (Å²) in [7, 11) is 0. The number of aromatic nitrogens is 2. The molecular weight excluding hydrogens is 510 g/mol. The first-order valence-electron chi connectivity index (χ1n) is 13.5. The van der Waals surface area contributed by atoms with Crippen molar-refractivity contribution >= 4 is 17.4 Å². The van der Waals surface area contributed by atoms with Crippen LogP contribution in [0.1, 0.15) is 43.0 Å². The molecule has 0 radical (unpaired) electrons. The highest BCUT2D eigenvalue weighted by atomic mass is 16.5. The van der Waals surface area contributed by atoms with E-state index in [9.17, 15) is 14.7 Å². The van der Waals surface area contributed by atoms with Gasteiger partial charge >= 0.3 is 0 Å². The van der Waals surface area contributed by atoms with Crippen LogP contribution in [-0.2, 0) is 22.6 Å². The summed E-state index contributed by atoms with van der Waals surface area (Å²) in [6.45, 7) is 9.16. The van der Waals surface area contributed by atoms with E-state index >= 15 is 0 Å². The Morgan fingerprint density at radius 2 is 2.02 bits per heavy atom. The first kappa shape index (κ1) is 27.1. The normalized spacial score (nSPS) is 19.4. The van der Waals surface area contributed by atoms with Crippen molar-refractivity contribution in [3.8, 4) is 17.2 Å². The summed E-state index contributed by atoms with van der Waals surface area (Å²) in [5, 5.41) is 11.5. The topological polar surface area (TPSA) is 103 Å². The first-order chi connectivity index (χ1) is 19.4. The van der Waals surface area contributed by atoms with E-state index in [1.807, 2.05) is 30.7 Å². The number of nitrogens with zero attached hydrogens (tertiary/aromatic N) is 3. The SMILES string of the molecule is C=CCOc1ccc([C@H]2C(=C(O)c3ccc4c(c3)C[C@H](C)O4)C(=O)C(=O)N2CCCn2ccnc2)cc1OCC. The Morgan fingerprint density at radius 1 is 1.18 bits per heavy atom. The Morgan fingerprint density at radius 3 is 2.77 bits per heavy atom. The zero-order chi connectivity index (χ0) is 28.2. The molecule has 3 aromatic rings. The van der Waals surface area contributed by atoms with Crippen LogP contribution in [0.15, 0.2) is 73.3 Å². The molecule has 9 nitrogen and oxygen atoms in total. The minimum absolute atomic E-state index is 0.0345. The van der Waals surface area contributed by atoms with E-state index in [4.69, 9.17) is 14.2 Å². The Bertz CT molecular complexity index is 1450. The van der Waals surface area contributed by atoms with Gasteiger partial charge < -0.3 is 28.8 Å². The third-order valence-electron chi connectivity index (χ3n) is 7.02. The number of fused-ring (bicyclic) bond motifs is 1. The van der Waals surface area contributed by atoms with Crippen LogP contribution in [0, 0.1) is 0 Å². The van der Waals surface area contributed by atoms with Gasteiger partial charge in [-0.15, -0.1) is 0 Å². The molecule has 2 atom stereocenters. The molecule has 208 valence electrons. The van der Waals surface area contributed by atoms with Gasteiger partial charge in [0, 0.05) is 37.5 Å². The van der Waals surface area contributed by atoms with Gasteiger partial charge in [0.2, 0.25) is 0 Å². The number of hydrogen-bond donors (Lipinski definition) is 1. The monoisotopic (exact) mass is 543 g/mol. The minimum atomic E-state index is -0.807. The molecule has 0 unspecified atom stereocenters. The molecule has 0 spiro atoms. The Balaban J connectivity index is 1.56. The lowest BCUT2D eigenvalue weighted by atomic mass is 9.94. The van der Waals surface area contributed by atoms with Crippen molar-refractivity contribution in [1.29, 1.82) is 0 Å². The average Bonchev–Trinajstić information content (AvgIpc) is 3.66. The number of hydrogen-bond acceptors (Lipinski definition) is 7. The van der Waals surface area contributed by atoms with E-state index in [0.29, 0.717) is 61.8 Å². The van der Waals surface area contributed by atoms with E-state index in [1.54, 1.807) is 48.9 Å². The number of carbonyl (C=O) groups excluding carboxylic acids is 2. The van der Waals surface area contributed by atoms with E-state index in [1.165, 1.54) is 4.90 Å². The van der Waals surface area contributed by atoms with Crippen LogP contribution in [0.25, 0.3) is 5.76 Å². The van der Waals surface area contributed by atoms with Crippen molar-refractivity contribution < 1.29 is 28.9 Å². The van der Waals surface area contributed by atoms with Crippen LogP contribution in [0.2, 0.25) is 0 Å². The zero-order valence-corrected chi connectivity index (χ0v) is 22.7. The summed E-state index contributed by atoms with van der Waals surface area (Å²) >= 11 is 0. The predicted octanol–water partition coefficient (Wildman–Crippen LogP) is 4.68. The number of benzene rings is 2. The number of aliphatic hydroxyl groups is 1. The number of aliphatic hydroxyl groups excluding tert-OH is 1. The molecule has 9 heteroatoms. The molecular formula is C31H33N3O6. The highest BCUT2D eigenvalue weighted by Gasteiger charge is 2.46. The van der Waals surface area contributed by atoms with Crippen LogP contribution in [0.3, 0.4) is 0 Å². The lowest BCUT2D eigenvalue weighted by molar-refractivity contribution is -0.139. The molecule has 1 saturated heterocycles. The molecule has 2 aromatic carbocycles. The summed E-state index contributed by atoms with van der Waals surface area (Å²) < 4.78 is 19.3. The van der Waals surface area contributed by atoms with Gasteiger partial charge in [0.25, 0.3) is 11.7 Å². The van der Waals surface area contributed by atoms with Crippen molar-refractivity contribution in [2.24, 2.45) is 0 Å². The Hall–Kier alpha value is -4.53. The lowest BCUT2D eigenvalue weighted by Crippen LogP contribution is -2.31. The number of Topliss-reactive ketones (excluding diaryl/α,β-unsaturated/α-hetero) is 1. The summed E-state index contributed by atoms with van der Waals surface area (Å²) in [6, 6.07) is 9.85. The molecule has 2 aliphatic heterocycles. The largest absolute Gasteiger partial charge is 0.507 e. The maximum Gasteiger partial charge on any atom is 0.295 e. The van der Waals surface area contributed by atoms with Crippen molar-refractivity contribution in [3.63, 3.8) is 0 Å². The maximum absolute atomic E-state index is 13.5. The molecule has 1 fully saturated rings. The molecule has 2 aliphatic rings. The molecule has 3 heterocycles. The first-order valence-corrected chi connectivity index (χ1v) is 13.5. The fraction of sp³-hybridized carbons (Fsp3) is 0.323. The lowest BCUT2D eigenvalue weighted by Gasteiger charge is -2.26.